The summed E-state index contributed by atoms with van der Waals surface area (Å²) in [5, 5.41) is 22.6. The average Bonchev–Trinajstić information content (AvgIpc) is 2.64. The van der Waals surface area contributed by atoms with Crippen molar-refractivity contribution in [1.82, 2.24) is 9.80 Å². The number of nitrogens with zero attached hydrogens (tertiary/aromatic N) is 2. The van der Waals surface area contributed by atoms with Gasteiger partial charge in [0.05, 0.1) is 32.3 Å². The van der Waals surface area contributed by atoms with Crippen molar-refractivity contribution in [3.05, 3.63) is 67.6 Å². The third-order valence-electron chi connectivity index (χ3n) is 4.49. The van der Waals surface area contributed by atoms with E-state index in [4.69, 9.17) is 46.4 Å². The maximum absolute atomic E-state index is 10.4. The number of aliphatic hydroxyl groups is 2. The molecule has 0 saturated heterocycles. The molecule has 2 N–H and O–H groups in total. The Morgan fingerprint density at radius 3 is 1.36 bits per heavy atom. The lowest BCUT2D eigenvalue weighted by Gasteiger charge is -2.25. The largest absolute Gasteiger partial charge is 0.387 e. The van der Waals surface area contributed by atoms with E-state index in [1.807, 2.05) is 23.9 Å². The molecule has 0 aromatic heterocycles. The Balaban J connectivity index is 1.80. The van der Waals surface area contributed by atoms with Crippen molar-refractivity contribution in [2.45, 2.75) is 12.2 Å². The molecule has 28 heavy (non-hydrogen) atoms. The van der Waals surface area contributed by atoms with E-state index in [2.05, 4.69) is 0 Å². The van der Waals surface area contributed by atoms with E-state index in [0.717, 1.165) is 24.2 Å². The lowest BCUT2D eigenvalue weighted by molar-refractivity contribution is 0.103. The van der Waals surface area contributed by atoms with Gasteiger partial charge in [0.25, 0.3) is 0 Å². The topological polar surface area (TPSA) is 46.9 Å². The van der Waals surface area contributed by atoms with Gasteiger partial charge >= 0.3 is 0 Å². The molecule has 2 atom stereocenters. The van der Waals surface area contributed by atoms with Crippen LogP contribution in [0.1, 0.15) is 23.3 Å². The van der Waals surface area contributed by atoms with Crippen LogP contribution >= 0.6 is 46.4 Å². The van der Waals surface area contributed by atoms with Crippen molar-refractivity contribution in [2.24, 2.45) is 0 Å². The van der Waals surface area contributed by atoms with Crippen molar-refractivity contribution >= 4 is 46.4 Å². The van der Waals surface area contributed by atoms with Gasteiger partial charge in [-0.05, 0) is 49.5 Å². The van der Waals surface area contributed by atoms with Crippen molar-refractivity contribution in [2.75, 3.05) is 40.3 Å². The summed E-state index contributed by atoms with van der Waals surface area (Å²) in [7, 11) is 3.87. The van der Waals surface area contributed by atoms with E-state index < -0.39 is 12.2 Å². The number of rotatable bonds is 9. The zero-order valence-corrected chi connectivity index (χ0v) is 18.8. The molecule has 0 amide bonds. The molecule has 0 radical (unpaired) electrons. The maximum Gasteiger partial charge on any atom is 0.0917 e. The van der Waals surface area contributed by atoms with Crippen LogP contribution in [0.5, 0.6) is 0 Å². The Kier molecular flexibility index (Phi) is 9.32. The van der Waals surface area contributed by atoms with E-state index in [9.17, 15) is 10.2 Å². The molecule has 0 heterocycles. The van der Waals surface area contributed by atoms with E-state index in [1.165, 1.54) is 0 Å². The Hall–Kier alpha value is -0.560. The molecule has 0 saturated carbocycles. The van der Waals surface area contributed by atoms with E-state index in [0.29, 0.717) is 33.2 Å². The second-order valence-electron chi connectivity index (χ2n) is 6.90. The molecule has 0 fully saturated rings. The van der Waals surface area contributed by atoms with Crippen molar-refractivity contribution < 1.29 is 10.2 Å². The Labute approximate surface area is 186 Å². The molecular formula is C20H24Cl4N2O2. The van der Waals surface area contributed by atoms with Crippen LogP contribution in [0.25, 0.3) is 0 Å². The molecule has 8 heteroatoms. The third kappa shape index (κ3) is 7.05. The molecule has 2 unspecified atom stereocenters. The fourth-order valence-corrected chi connectivity index (χ4v) is 3.38. The highest BCUT2D eigenvalue weighted by Crippen LogP contribution is 2.27. The fraction of sp³-hybridized carbons (Fsp3) is 0.400. The van der Waals surface area contributed by atoms with Gasteiger partial charge in [0, 0.05) is 26.2 Å². The standard InChI is InChI=1S/C20H24Cl4N2O2/c1-25(11-19(27)13-3-5-15(21)17(23)9-13)7-8-26(2)12-20(28)14-4-6-16(22)18(24)10-14/h3-6,9-10,19-20,27-28H,7-8,11-12H2,1-2H3. The van der Waals surface area contributed by atoms with Crippen LogP contribution in [0.3, 0.4) is 0 Å². The number of benzene rings is 2. The summed E-state index contributed by atoms with van der Waals surface area (Å²) in [4.78, 5) is 4.05. The quantitative estimate of drug-likeness (QED) is 0.551. The number of likely N-dealkylation sites (N-methyl/N-ethyl adjacent to an activating group) is 2. The molecule has 2 aromatic rings. The first kappa shape index (κ1) is 23.7. The Morgan fingerprint density at radius 1 is 0.679 bits per heavy atom. The molecule has 0 spiro atoms. The van der Waals surface area contributed by atoms with Gasteiger partial charge in [0.1, 0.15) is 0 Å². The molecule has 0 aliphatic rings. The SMILES string of the molecule is CN(CCN(C)CC(O)c1ccc(Cl)c(Cl)c1)CC(O)c1ccc(Cl)c(Cl)c1. The predicted molar refractivity (Wildman–Crippen MR) is 118 cm³/mol. The lowest BCUT2D eigenvalue weighted by atomic mass is 10.1. The van der Waals surface area contributed by atoms with E-state index in [1.54, 1.807) is 36.4 Å². The first-order valence-corrected chi connectivity index (χ1v) is 10.3. The highest BCUT2D eigenvalue weighted by molar-refractivity contribution is 6.42. The van der Waals surface area contributed by atoms with Crippen molar-refractivity contribution in [1.29, 1.82) is 0 Å². The summed E-state index contributed by atoms with van der Waals surface area (Å²) in [6.45, 7) is 2.37. The van der Waals surface area contributed by atoms with Crippen molar-refractivity contribution in [3.8, 4) is 0 Å². The van der Waals surface area contributed by atoms with Crippen LogP contribution in [0.2, 0.25) is 20.1 Å². The summed E-state index contributed by atoms with van der Waals surface area (Å²) in [5.74, 6) is 0. The molecule has 0 aliphatic carbocycles. The third-order valence-corrected chi connectivity index (χ3v) is 5.97. The molecule has 0 aliphatic heterocycles. The average molecular weight is 466 g/mol. The van der Waals surface area contributed by atoms with E-state index in [-0.39, 0.29) is 0 Å². The molecule has 2 aromatic carbocycles. The number of hydrogen-bond acceptors (Lipinski definition) is 4. The normalized spacial score (nSPS) is 13.9. The summed E-state index contributed by atoms with van der Waals surface area (Å²) in [5.41, 5.74) is 1.45. The first-order valence-electron chi connectivity index (χ1n) is 8.80. The van der Waals surface area contributed by atoms with Crippen molar-refractivity contribution in [3.63, 3.8) is 0 Å². The Morgan fingerprint density at radius 2 is 1.04 bits per heavy atom. The van der Waals surface area contributed by atoms with Gasteiger partial charge in [0.2, 0.25) is 0 Å². The monoisotopic (exact) mass is 464 g/mol. The summed E-state index contributed by atoms with van der Waals surface area (Å²) in [6, 6.07) is 10.3. The van der Waals surface area contributed by atoms with Crippen LogP contribution in [0.4, 0.5) is 0 Å². The van der Waals surface area contributed by atoms with Crippen LogP contribution < -0.4 is 0 Å². The molecule has 154 valence electrons. The van der Waals surface area contributed by atoms with Gasteiger partial charge in [0.15, 0.2) is 0 Å². The second-order valence-corrected chi connectivity index (χ2v) is 8.53. The molecule has 0 bridgehead atoms. The van der Waals surface area contributed by atoms with Crippen LogP contribution in [-0.2, 0) is 0 Å². The zero-order chi connectivity index (χ0) is 20.8. The van der Waals surface area contributed by atoms with Crippen LogP contribution in [0.15, 0.2) is 36.4 Å². The summed E-state index contributed by atoms with van der Waals surface area (Å²) in [6.07, 6.45) is -1.32. The highest BCUT2D eigenvalue weighted by atomic mass is 35.5. The Bertz CT molecular complexity index is 725. The van der Waals surface area contributed by atoms with Gasteiger partial charge in [-0.15, -0.1) is 0 Å². The minimum absolute atomic E-state index is 0.428. The van der Waals surface area contributed by atoms with Gasteiger partial charge in [-0.25, -0.2) is 0 Å². The minimum atomic E-state index is -0.660. The van der Waals surface area contributed by atoms with E-state index >= 15 is 0 Å². The lowest BCUT2D eigenvalue weighted by Crippen LogP contribution is -2.35. The maximum atomic E-state index is 10.4. The van der Waals surface area contributed by atoms with Gasteiger partial charge in [-0.2, -0.15) is 0 Å². The fourth-order valence-electron chi connectivity index (χ4n) is 2.76. The van der Waals surface area contributed by atoms with Gasteiger partial charge < -0.3 is 20.0 Å². The number of halogens is 4. The first-order chi connectivity index (χ1) is 13.2. The van der Waals surface area contributed by atoms with Gasteiger partial charge in [-0.1, -0.05) is 58.5 Å². The number of aliphatic hydroxyl groups excluding tert-OH is 2. The van der Waals surface area contributed by atoms with Gasteiger partial charge in [-0.3, -0.25) is 0 Å². The minimum Gasteiger partial charge on any atom is -0.387 e. The highest BCUT2D eigenvalue weighted by Gasteiger charge is 2.15. The predicted octanol–water partition coefficient (Wildman–Crippen LogP) is 4.93. The molecule has 4 nitrogen and oxygen atoms in total. The van der Waals surface area contributed by atoms with Crippen LogP contribution in [-0.4, -0.2) is 60.3 Å². The summed E-state index contributed by atoms with van der Waals surface area (Å²) < 4.78 is 0. The second kappa shape index (κ2) is 11.0. The molecular weight excluding hydrogens is 442 g/mol. The smallest absolute Gasteiger partial charge is 0.0917 e. The number of hydrogen-bond donors (Lipinski definition) is 2. The van der Waals surface area contributed by atoms with Crippen LogP contribution in [0, 0.1) is 0 Å². The molecule has 2 rings (SSSR count). The zero-order valence-electron chi connectivity index (χ0n) is 15.7. The summed E-state index contributed by atoms with van der Waals surface area (Å²) >= 11 is 23.9.